The second-order valence-electron chi connectivity index (χ2n) is 2.42. The minimum atomic E-state index is -1.12. The number of hydrogen-bond donors (Lipinski definition) is 2. The van der Waals surface area contributed by atoms with Gasteiger partial charge >= 0.3 is 11.9 Å². The molecule has 0 radical (unpaired) electrons. The van der Waals surface area contributed by atoms with E-state index in [-0.39, 0.29) is 20.1 Å². The Morgan fingerprint density at radius 1 is 0.938 bits per heavy atom. The van der Waals surface area contributed by atoms with Gasteiger partial charge in [0, 0.05) is 46.2 Å². The van der Waals surface area contributed by atoms with Gasteiger partial charge in [0.05, 0.1) is 11.1 Å². The quantitative estimate of drug-likeness (QED) is 0.512. The zero-order chi connectivity index (χ0) is 12.9. The van der Waals surface area contributed by atoms with Crippen LogP contribution in [0.5, 0.6) is 0 Å². The first-order valence-electron chi connectivity index (χ1n) is 3.53. The predicted molar refractivity (Wildman–Crippen MR) is 83.8 cm³/mol. The van der Waals surface area contributed by atoms with Gasteiger partial charge in [0.25, 0.3) is 0 Å². The van der Waals surface area contributed by atoms with Gasteiger partial charge in [-0.2, -0.15) is 0 Å². The van der Waals surface area contributed by atoms with E-state index in [1.54, 1.807) is 0 Å². The van der Waals surface area contributed by atoms with Gasteiger partial charge < -0.3 is 10.2 Å². The van der Waals surface area contributed by atoms with Crippen LogP contribution in [0.15, 0.2) is 21.1 Å². The molecular formula is C8H4Br2I2O4. The summed E-state index contributed by atoms with van der Waals surface area (Å²) < 4.78 is 0.483. The topological polar surface area (TPSA) is 74.6 Å². The summed E-state index contributed by atoms with van der Waals surface area (Å²) in [5.41, 5.74) is 0.0313. The molecular weight excluding hydrogens is 574 g/mol. The minimum absolute atomic E-state index is 0.0156. The number of carbonyl (C=O) groups is 2. The van der Waals surface area contributed by atoms with Gasteiger partial charge in [0.2, 0.25) is 0 Å². The van der Waals surface area contributed by atoms with Gasteiger partial charge in [-0.25, -0.2) is 9.59 Å². The van der Waals surface area contributed by atoms with Crippen LogP contribution in [-0.4, -0.2) is 22.2 Å². The number of carboxylic acid groups (broad SMARTS) is 2. The fourth-order valence-electron chi connectivity index (χ4n) is 0.875. The third-order valence-corrected chi connectivity index (χ3v) is 2.83. The number of carboxylic acids is 2. The fraction of sp³-hybridized carbons (Fsp3) is 0. The second kappa shape index (κ2) is 7.82. The number of halogens is 4. The van der Waals surface area contributed by atoms with E-state index >= 15 is 0 Å². The molecule has 0 fully saturated rings. The molecule has 88 valence electrons. The lowest BCUT2D eigenvalue weighted by Gasteiger charge is -2.03. The summed E-state index contributed by atoms with van der Waals surface area (Å²) in [6, 6.07) is 2.49. The van der Waals surface area contributed by atoms with Crippen LogP contribution in [0.3, 0.4) is 0 Å². The number of aromatic carboxylic acids is 2. The smallest absolute Gasteiger partial charge is 0.336 e. The molecule has 0 atom stereocenters. The van der Waals surface area contributed by atoms with Gasteiger partial charge in [-0.05, 0) is 44.0 Å². The minimum Gasteiger partial charge on any atom is -0.478 e. The molecule has 4 nitrogen and oxygen atoms in total. The highest BCUT2D eigenvalue weighted by atomic mass is 128. The van der Waals surface area contributed by atoms with Crippen molar-refractivity contribution in [2.24, 2.45) is 0 Å². The summed E-state index contributed by atoms with van der Waals surface area (Å²) in [7, 11) is 0. The Hall–Kier alpha value is 0.580. The number of rotatable bonds is 2. The lowest BCUT2D eigenvalue weighted by molar-refractivity contribution is 0.0679. The molecule has 16 heavy (non-hydrogen) atoms. The molecule has 2 N–H and O–H groups in total. The van der Waals surface area contributed by atoms with E-state index < -0.39 is 11.9 Å². The summed E-state index contributed by atoms with van der Waals surface area (Å²) in [6.07, 6.45) is 0. The lowest BCUT2D eigenvalue weighted by atomic mass is 10.1. The van der Waals surface area contributed by atoms with E-state index in [1.165, 1.54) is 12.1 Å². The Morgan fingerprint density at radius 2 is 1.19 bits per heavy atom. The molecule has 0 saturated carbocycles. The van der Waals surface area contributed by atoms with Gasteiger partial charge in [-0.1, -0.05) is 0 Å². The van der Waals surface area contributed by atoms with Crippen LogP contribution in [0.25, 0.3) is 0 Å². The Labute approximate surface area is 131 Å². The molecule has 0 saturated heterocycles. The summed E-state index contributed by atoms with van der Waals surface area (Å²) in [4.78, 5) is 21.3. The third-order valence-electron chi connectivity index (χ3n) is 1.52. The van der Waals surface area contributed by atoms with Crippen LogP contribution in [0.2, 0.25) is 0 Å². The first kappa shape index (κ1) is 16.6. The van der Waals surface area contributed by atoms with E-state index in [0.717, 1.165) is 0 Å². The van der Waals surface area contributed by atoms with Crippen molar-refractivity contribution >= 4 is 81.0 Å². The van der Waals surface area contributed by atoms with Crippen molar-refractivity contribution < 1.29 is 19.8 Å². The van der Waals surface area contributed by atoms with Crippen molar-refractivity contribution in [3.8, 4) is 0 Å². The molecule has 1 aromatic rings. The Balaban J connectivity index is 0.00000106. The average Bonchev–Trinajstić information content (AvgIpc) is 2.23. The van der Waals surface area contributed by atoms with Crippen LogP contribution < -0.4 is 0 Å². The van der Waals surface area contributed by atoms with Crippen LogP contribution in [0, 0.1) is 0 Å². The van der Waals surface area contributed by atoms with Crippen molar-refractivity contribution in [2.75, 3.05) is 0 Å². The number of hydrogen-bond acceptors (Lipinski definition) is 2. The molecule has 0 heterocycles. The third kappa shape index (κ3) is 4.45. The highest BCUT2D eigenvalue weighted by molar-refractivity contribution is 15.0. The fourth-order valence-corrected chi connectivity index (χ4v) is 1.90. The van der Waals surface area contributed by atoms with Crippen molar-refractivity contribution in [2.45, 2.75) is 0 Å². The first-order valence-corrected chi connectivity index (χ1v) is 11.4. The van der Waals surface area contributed by atoms with Crippen LogP contribution >= 0.6 is 69.1 Å². The molecule has 0 amide bonds. The number of benzene rings is 1. The monoisotopic (exact) mass is 576 g/mol. The zero-order valence-corrected chi connectivity index (χ0v) is 14.9. The first-order chi connectivity index (χ1) is 7.43. The molecule has 1 rings (SSSR count). The standard InChI is InChI=1S/C8H4Br2O4.I2/c9-5-1-3(7(11)12)6(10)2-4(5)8(13)14;1-2/h1-2H,(H,11,12)(H,13,14);. The van der Waals surface area contributed by atoms with E-state index in [1.807, 2.05) is 0 Å². The zero-order valence-electron chi connectivity index (χ0n) is 7.38. The average molecular weight is 578 g/mol. The van der Waals surface area contributed by atoms with Gasteiger partial charge in [-0.3, -0.25) is 0 Å². The molecule has 0 aliphatic carbocycles. The molecule has 0 aliphatic heterocycles. The van der Waals surface area contributed by atoms with Gasteiger partial charge in [-0.15, -0.1) is 0 Å². The van der Waals surface area contributed by atoms with E-state index in [4.69, 9.17) is 10.2 Å². The van der Waals surface area contributed by atoms with Gasteiger partial charge in [0.15, 0.2) is 0 Å². The molecule has 1 aromatic carbocycles. The van der Waals surface area contributed by atoms with E-state index in [0.29, 0.717) is 0 Å². The highest BCUT2D eigenvalue weighted by Crippen LogP contribution is 2.26. The van der Waals surface area contributed by atoms with Crippen LogP contribution in [0.4, 0.5) is 0 Å². The molecule has 0 bridgehead atoms. The molecule has 0 unspecified atom stereocenters. The van der Waals surface area contributed by atoms with Crippen molar-refractivity contribution in [1.82, 2.24) is 0 Å². The summed E-state index contributed by atoms with van der Waals surface area (Å²) in [5, 5.41) is 17.4. The molecule has 8 heteroatoms. The Bertz CT molecular complexity index is 383. The van der Waals surface area contributed by atoms with E-state index in [2.05, 4.69) is 69.1 Å². The summed E-state index contributed by atoms with van der Waals surface area (Å²) >= 11 is 10.2. The Kier molecular flexibility index (Phi) is 8.10. The predicted octanol–water partition coefficient (Wildman–Crippen LogP) is 4.38. The molecule has 0 aromatic heterocycles. The van der Waals surface area contributed by atoms with Crippen LogP contribution in [0.1, 0.15) is 20.7 Å². The second-order valence-corrected chi connectivity index (χ2v) is 4.13. The molecule has 0 spiro atoms. The Morgan fingerprint density at radius 3 is 1.38 bits per heavy atom. The van der Waals surface area contributed by atoms with E-state index in [9.17, 15) is 9.59 Å². The van der Waals surface area contributed by atoms with Crippen molar-refractivity contribution in [3.63, 3.8) is 0 Å². The van der Waals surface area contributed by atoms with Gasteiger partial charge in [0.1, 0.15) is 0 Å². The van der Waals surface area contributed by atoms with Crippen molar-refractivity contribution in [3.05, 3.63) is 32.2 Å². The maximum atomic E-state index is 10.7. The highest BCUT2D eigenvalue weighted by Gasteiger charge is 2.15. The maximum Gasteiger partial charge on any atom is 0.336 e. The maximum absolute atomic E-state index is 10.7. The normalized spacial score (nSPS) is 9.00. The van der Waals surface area contributed by atoms with Crippen molar-refractivity contribution in [1.29, 1.82) is 0 Å². The molecule has 0 aliphatic rings. The summed E-state index contributed by atoms with van der Waals surface area (Å²) in [6.45, 7) is 0. The largest absolute Gasteiger partial charge is 0.478 e. The SMILES string of the molecule is II.O=C(O)c1cc(Br)c(C(=O)O)cc1Br. The summed E-state index contributed by atoms with van der Waals surface area (Å²) in [5.74, 6) is -2.23. The van der Waals surface area contributed by atoms with Crippen LogP contribution in [-0.2, 0) is 0 Å². The lowest BCUT2D eigenvalue weighted by Crippen LogP contribution is -2.03.